The predicted molar refractivity (Wildman–Crippen MR) is 105 cm³/mol. The van der Waals surface area contributed by atoms with Gasteiger partial charge in [-0.15, -0.1) is 0 Å². The van der Waals surface area contributed by atoms with Gasteiger partial charge in [0, 0.05) is 25.2 Å². The number of hydrogen-bond donors (Lipinski definition) is 0. The minimum Gasteiger partial charge on any atom is -0.472 e. The molecule has 5 heteroatoms. The molecule has 1 aliphatic heterocycles. The van der Waals surface area contributed by atoms with E-state index in [0.717, 1.165) is 17.8 Å². The van der Waals surface area contributed by atoms with Gasteiger partial charge in [-0.2, -0.15) is 0 Å². The maximum Gasteiger partial charge on any atom is 0.329 e. The molecule has 0 aliphatic carbocycles. The number of pyridine rings is 1. The second kappa shape index (κ2) is 7.91. The van der Waals surface area contributed by atoms with Crippen LogP contribution in [0.5, 0.6) is 5.88 Å². The Bertz CT molecular complexity index is 832. The predicted octanol–water partition coefficient (Wildman–Crippen LogP) is 4.49. The standard InChI is InChI=1S/C22H21N3O2/c26-22(24-16-14-20(17-24)27-21-13-7-8-15-23-21)25(18-9-3-1-4-10-18)19-11-5-2-6-12-19/h1-13,15,20H,14,16-17H2. The van der Waals surface area contributed by atoms with Gasteiger partial charge in [0.1, 0.15) is 6.10 Å². The minimum absolute atomic E-state index is 0.0421. The summed E-state index contributed by atoms with van der Waals surface area (Å²) < 4.78 is 5.92. The SMILES string of the molecule is O=C(N1CCC(Oc2ccccn2)C1)N(c1ccccc1)c1ccccc1. The van der Waals surface area contributed by atoms with Gasteiger partial charge in [0.05, 0.1) is 17.9 Å². The van der Waals surface area contributed by atoms with E-state index in [-0.39, 0.29) is 12.1 Å². The number of nitrogens with zero attached hydrogens (tertiary/aromatic N) is 3. The molecule has 1 atom stereocenters. The molecule has 0 N–H and O–H groups in total. The molecule has 1 saturated heterocycles. The van der Waals surface area contributed by atoms with Gasteiger partial charge in [-0.25, -0.2) is 9.78 Å². The number of rotatable bonds is 4. The molecule has 0 saturated carbocycles. The fourth-order valence-corrected chi connectivity index (χ4v) is 3.25. The van der Waals surface area contributed by atoms with E-state index in [2.05, 4.69) is 4.98 Å². The van der Waals surface area contributed by atoms with E-state index in [4.69, 9.17) is 4.74 Å². The van der Waals surface area contributed by atoms with Crippen LogP contribution in [0.25, 0.3) is 0 Å². The molecule has 2 aromatic carbocycles. The number of carbonyl (C=O) groups excluding carboxylic acids is 1. The van der Waals surface area contributed by atoms with Crippen LogP contribution in [-0.2, 0) is 0 Å². The highest BCUT2D eigenvalue weighted by Crippen LogP contribution is 2.28. The van der Waals surface area contributed by atoms with E-state index in [1.807, 2.05) is 83.8 Å². The average Bonchev–Trinajstić information content (AvgIpc) is 3.19. The summed E-state index contributed by atoms with van der Waals surface area (Å²) >= 11 is 0. The molecule has 2 heterocycles. The molecule has 1 unspecified atom stereocenters. The fraction of sp³-hybridized carbons (Fsp3) is 0.182. The van der Waals surface area contributed by atoms with Gasteiger partial charge in [0.25, 0.3) is 0 Å². The zero-order valence-corrected chi connectivity index (χ0v) is 14.9. The molecule has 0 radical (unpaired) electrons. The Balaban J connectivity index is 1.52. The van der Waals surface area contributed by atoms with Crippen LogP contribution in [-0.4, -0.2) is 35.1 Å². The van der Waals surface area contributed by atoms with Gasteiger partial charge in [-0.05, 0) is 30.3 Å². The van der Waals surface area contributed by atoms with Crippen molar-refractivity contribution in [3.63, 3.8) is 0 Å². The van der Waals surface area contributed by atoms with E-state index in [9.17, 15) is 4.79 Å². The normalized spacial score (nSPS) is 16.1. The first-order valence-electron chi connectivity index (χ1n) is 9.08. The van der Waals surface area contributed by atoms with E-state index in [1.165, 1.54) is 0 Å². The maximum absolute atomic E-state index is 13.3. The van der Waals surface area contributed by atoms with Gasteiger partial charge >= 0.3 is 6.03 Å². The van der Waals surface area contributed by atoms with E-state index in [0.29, 0.717) is 19.0 Å². The average molecular weight is 359 g/mol. The number of para-hydroxylation sites is 2. The summed E-state index contributed by atoms with van der Waals surface area (Å²) in [5, 5.41) is 0. The van der Waals surface area contributed by atoms with Crippen molar-refractivity contribution in [2.75, 3.05) is 18.0 Å². The van der Waals surface area contributed by atoms with Crippen molar-refractivity contribution in [2.45, 2.75) is 12.5 Å². The third kappa shape index (κ3) is 3.92. The minimum atomic E-state index is -0.0442. The van der Waals surface area contributed by atoms with Crippen LogP contribution in [0.3, 0.4) is 0 Å². The number of aromatic nitrogens is 1. The number of ether oxygens (including phenoxy) is 1. The van der Waals surface area contributed by atoms with Crippen LogP contribution in [0.1, 0.15) is 6.42 Å². The molecule has 4 rings (SSSR count). The van der Waals surface area contributed by atoms with Gasteiger partial charge in [0.2, 0.25) is 5.88 Å². The summed E-state index contributed by atoms with van der Waals surface area (Å²) in [6.45, 7) is 1.21. The summed E-state index contributed by atoms with van der Waals surface area (Å²) in [6.07, 6.45) is 2.46. The van der Waals surface area contributed by atoms with Crippen molar-refractivity contribution in [1.29, 1.82) is 0 Å². The lowest BCUT2D eigenvalue weighted by atomic mass is 10.2. The number of anilines is 2. The Labute approximate surface area is 158 Å². The van der Waals surface area contributed by atoms with Gasteiger partial charge in [-0.3, -0.25) is 4.90 Å². The molecule has 1 aliphatic rings. The van der Waals surface area contributed by atoms with Crippen molar-refractivity contribution >= 4 is 17.4 Å². The monoisotopic (exact) mass is 359 g/mol. The molecular weight excluding hydrogens is 338 g/mol. The Morgan fingerprint density at radius 1 is 0.926 bits per heavy atom. The highest BCUT2D eigenvalue weighted by molar-refractivity contribution is 5.99. The van der Waals surface area contributed by atoms with Crippen molar-refractivity contribution in [1.82, 2.24) is 9.88 Å². The fourth-order valence-electron chi connectivity index (χ4n) is 3.25. The van der Waals surface area contributed by atoms with Crippen LogP contribution < -0.4 is 9.64 Å². The molecule has 1 aromatic heterocycles. The molecule has 27 heavy (non-hydrogen) atoms. The second-order valence-corrected chi connectivity index (χ2v) is 6.43. The summed E-state index contributed by atoms with van der Waals surface area (Å²) in [5.74, 6) is 0.597. The zero-order chi connectivity index (χ0) is 18.5. The zero-order valence-electron chi connectivity index (χ0n) is 14.9. The third-order valence-corrected chi connectivity index (χ3v) is 4.56. The number of benzene rings is 2. The highest BCUT2D eigenvalue weighted by Gasteiger charge is 2.32. The van der Waals surface area contributed by atoms with Gasteiger partial charge in [0.15, 0.2) is 0 Å². The number of carbonyl (C=O) groups is 1. The number of amides is 2. The van der Waals surface area contributed by atoms with Crippen molar-refractivity contribution in [3.8, 4) is 5.88 Å². The lowest BCUT2D eigenvalue weighted by Crippen LogP contribution is -2.40. The largest absolute Gasteiger partial charge is 0.472 e. The lowest BCUT2D eigenvalue weighted by Gasteiger charge is -2.28. The highest BCUT2D eigenvalue weighted by atomic mass is 16.5. The Hall–Kier alpha value is -3.34. The third-order valence-electron chi connectivity index (χ3n) is 4.56. The molecule has 1 fully saturated rings. The quantitative estimate of drug-likeness (QED) is 0.689. The summed E-state index contributed by atoms with van der Waals surface area (Å²) in [5.41, 5.74) is 1.70. The first kappa shape index (κ1) is 17.1. The van der Waals surface area contributed by atoms with Crippen LogP contribution >= 0.6 is 0 Å². The van der Waals surface area contributed by atoms with Crippen molar-refractivity contribution < 1.29 is 9.53 Å². The number of likely N-dealkylation sites (tertiary alicyclic amines) is 1. The topological polar surface area (TPSA) is 45.7 Å². The number of urea groups is 1. The Morgan fingerprint density at radius 2 is 1.56 bits per heavy atom. The smallest absolute Gasteiger partial charge is 0.329 e. The van der Waals surface area contributed by atoms with Crippen LogP contribution in [0, 0.1) is 0 Å². The first-order valence-corrected chi connectivity index (χ1v) is 9.08. The first-order chi connectivity index (χ1) is 13.3. The number of hydrogen-bond acceptors (Lipinski definition) is 3. The summed E-state index contributed by atoms with van der Waals surface area (Å²) in [4.78, 5) is 21.1. The second-order valence-electron chi connectivity index (χ2n) is 6.43. The molecule has 0 spiro atoms. The van der Waals surface area contributed by atoms with E-state index >= 15 is 0 Å². The Kier molecular flexibility index (Phi) is 5.01. The molecule has 5 nitrogen and oxygen atoms in total. The molecule has 2 amide bonds. The molecular formula is C22H21N3O2. The van der Waals surface area contributed by atoms with Crippen LogP contribution in [0.2, 0.25) is 0 Å². The molecule has 0 bridgehead atoms. The van der Waals surface area contributed by atoms with E-state index in [1.54, 1.807) is 11.1 Å². The lowest BCUT2D eigenvalue weighted by molar-refractivity contribution is 0.188. The molecule has 136 valence electrons. The summed E-state index contributed by atoms with van der Waals surface area (Å²) in [7, 11) is 0. The Morgan fingerprint density at radius 3 is 2.15 bits per heavy atom. The van der Waals surface area contributed by atoms with Crippen molar-refractivity contribution in [2.24, 2.45) is 0 Å². The van der Waals surface area contributed by atoms with Crippen molar-refractivity contribution in [3.05, 3.63) is 85.1 Å². The van der Waals surface area contributed by atoms with Gasteiger partial charge in [-0.1, -0.05) is 42.5 Å². The van der Waals surface area contributed by atoms with E-state index < -0.39 is 0 Å². The van der Waals surface area contributed by atoms with Crippen LogP contribution in [0.4, 0.5) is 16.2 Å². The molecule has 3 aromatic rings. The van der Waals surface area contributed by atoms with Gasteiger partial charge < -0.3 is 9.64 Å². The maximum atomic E-state index is 13.3. The van der Waals surface area contributed by atoms with Crippen LogP contribution in [0.15, 0.2) is 85.1 Å². The summed E-state index contributed by atoms with van der Waals surface area (Å²) in [6, 6.07) is 25.0.